The topological polar surface area (TPSA) is 166 Å². The van der Waals surface area contributed by atoms with Gasteiger partial charge in [0.1, 0.15) is 24.0 Å². The number of aryl methyl sites for hydroxylation is 1. The summed E-state index contributed by atoms with van der Waals surface area (Å²) in [6, 6.07) is 7.75. The average molecular weight is 962 g/mol. The first-order valence-corrected chi connectivity index (χ1v) is 25.9. The second-order valence-corrected chi connectivity index (χ2v) is 20.8. The van der Waals surface area contributed by atoms with Crippen LogP contribution in [-0.4, -0.2) is 132 Å². The zero-order valence-corrected chi connectivity index (χ0v) is 43.4. The summed E-state index contributed by atoms with van der Waals surface area (Å²) in [5.74, 6) is -7.37. The van der Waals surface area contributed by atoms with Crippen LogP contribution in [0.5, 0.6) is 0 Å². The number of ether oxygens (including phenoxy) is 5. The number of aliphatic hydroxyl groups excluding tert-OH is 1. The van der Waals surface area contributed by atoms with Crippen LogP contribution in [-0.2, 0) is 49.4 Å². The van der Waals surface area contributed by atoms with Gasteiger partial charge in [-0.25, -0.2) is 4.79 Å². The van der Waals surface area contributed by atoms with Gasteiger partial charge in [-0.1, -0.05) is 45.4 Å². The predicted molar refractivity (Wildman–Crippen MR) is 266 cm³/mol. The van der Waals surface area contributed by atoms with Crippen molar-refractivity contribution in [3.63, 3.8) is 0 Å². The molecule has 2 bridgehead atoms. The van der Waals surface area contributed by atoms with Gasteiger partial charge in [0.05, 0.1) is 30.5 Å². The number of hydrogen-bond donors (Lipinski definition) is 2. The number of amides is 1. The van der Waals surface area contributed by atoms with Crippen LogP contribution in [0.4, 0.5) is 5.69 Å². The molecule has 1 aliphatic carbocycles. The van der Waals surface area contributed by atoms with E-state index in [9.17, 15) is 29.4 Å². The summed E-state index contributed by atoms with van der Waals surface area (Å²) in [6.07, 6.45) is 7.55. The summed E-state index contributed by atoms with van der Waals surface area (Å²) >= 11 is 0. The van der Waals surface area contributed by atoms with Gasteiger partial charge >= 0.3 is 5.97 Å². The largest absolute Gasteiger partial charge is 0.456 e. The van der Waals surface area contributed by atoms with Gasteiger partial charge in [-0.3, -0.25) is 14.4 Å². The Balaban J connectivity index is 1.31. The minimum absolute atomic E-state index is 0.0337. The fourth-order valence-corrected chi connectivity index (χ4v) is 11.8. The molecule has 6 rings (SSSR count). The highest BCUT2D eigenvalue weighted by Gasteiger charge is 2.56. The number of aromatic nitrogens is 1. The van der Waals surface area contributed by atoms with Crippen LogP contribution in [0.2, 0.25) is 0 Å². The highest BCUT2D eigenvalue weighted by atomic mass is 16.7. The molecule has 0 spiro atoms. The van der Waals surface area contributed by atoms with E-state index in [0.29, 0.717) is 38.7 Å². The number of fused-ring (bicyclic) bond motifs is 4. The number of nitrogens with zero attached hydrogens (tertiary/aromatic N) is 3. The van der Waals surface area contributed by atoms with Crippen molar-refractivity contribution >= 4 is 40.0 Å². The molecule has 0 radical (unpaired) electrons. The summed E-state index contributed by atoms with van der Waals surface area (Å²) in [5, 5.41) is 25.3. The SMILES string of the molecule is CCOC1CC(C=C(C)C2OC(=O)C3CCCCN3C(=O)C(=O)C3(O)OC(C(OC)CC(C)CC(C)=CC(CC)C(=O)CC(O)C2C)C(OC)CC3C)CCC1N(C)c1ccc2c(ccn2CC)c1. The lowest BCUT2D eigenvalue weighted by molar-refractivity contribution is -0.302. The second kappa shape index (κ2) is 24.0. The van der Waals surface area contributed by atoms with Crippen molar-refractivity contribution in [2.24, 2.45) is 29.6 Å². The molecule has 1 saturated carbocycles. The first-order chi connectivity index (χ1) is 32.9. The monoisotopic (exact) mass is 962 g/mol. The lowest BCUT2D eigenvalue weighted by atomic mass is 9.80. The fraction of sp³-hybridized carbons (Fsp3) is 0.709. The van der Waals surface area contributed by atoms with E-state index in [2.05, 4.69) is 66.9 Å². The standard InChI is InChI=1S/C55H83N3O11/c1-12-39-26-33(4)25-34(5)27-48(65-10)51-49(66-11)29-36(7)55(64,69-51)52(61)53(62)58-23-16-15-17-44(58)54(63)68-50(37(8)45(59)32-46(39)60)35(6)28-38-18-20-43(47(30-38)67-14-3)56(9)41-19-21-42-40(31-41)22-24-57(42)13-2/h19,21-22,24,26,28,31,34,36-39,43-45,47-51,59,64H,12-18,20,23,25,27,29-30,32H2,1-11H3. The number of aliphatic hydroxyl groups is 2. The number of allylic oxidation sites excluding steroid dienone is 3. The van der Waals surface area contributed by atoms with Crippen molar-refractivity contribution in [3.8, 4) is 0 Å². The predicted octanol–water partition coefficient (Wildman–Crippen LogP) is 7.98. The molecule has 384 valence electrons. The fourth-order valence-electron chi connectivity index (χ4n) is 11.8. The van der Waals surface area contributed by atoms with Gasteiger partial charge in [-0.15, -0.1) is 0 Å². The number of piperidine rings is 1. The van der Waals surface area contributed by atoms with Gasteiger partial charge in [0.2, 0.25) is 5.79 Å². The van der Waals surface area contributed by atoms with E-state index >= 15 is 0 Å². The second-order valence-electron chi connectivity index (χ2n) is 20.8. The van der Waals surface area contributed by atoms with Crippen LogP contribution in [0.1, 0.15) is 126 Å². The third-order valence-electron chi connectivity index (χ3n) is 16.0. The Morgan fingerprint density at radius 1 is 0.942 bits per heavy atom. The smallest absolute Gasteiger partial charge is 0.329 e. The van der Waals surface area contributed by atoms with Crippen LogP contribution < -0.4 is 4.90 Å². The summed E-state index contributed by atoms with van der Waals surface area (Å²) in [7, 11) is 5.22. The number of rotatable bonds is 10. The molecule has 4 aliphatic rings. The van der Waals surface area contributed by atoms with E-state index in [1.54, 1.807) is 28.1 Å². The van der Waals surface area contributed by atoms with E-state index in [1.807, 2.05) is 33.8 Å². The lowest BCUT2D eigenvalue weighted by Gasteiger charge is -2.47. The Morgan fingerprint density at radius 3 is 2.35 bits per heavy atom. The Hall–Kier alpha value is -3.92. The van der Waals surface area contributed by atoms with Crippen LogP contribution >= 0.6 is 0 Å². The maximum absolute atomic E-state index is 14.7. The molecule has 3 aliphatic heterocycles. The molecular weight excluding hydrogens is 879 g/mol. The molecular formula is C55H83N3O11. The van der Waals surface area contributed by atoms with E-state index in [4.69, 9.17) is 23.7 Å². The van der Waals surface area contributed by atoms with Crippen molar-refractivity contribution in [3.05, 3.63) is 53.8 Å². The Morgan fingerprint density at radius 2 is 1.67 bits per heavy atom. The Labute approximate surface area is 411 Å². The molecule has 2 saturated heterocycles. The summed E-state index contributed by atoms with van der Waals surface area (Å²) in [6.45, 7) is 17.1. The van der Waals surface area contributed by atoms with Gasteiger partial charge in [0, 0.05) is 87.9 Å². The van der Waals surface area contributed by atoms with E-state index in [1.165, 1.54) is 15.8 Å². The number of ketones is 2. The molecule has 14 nitrogen and oxygen atoms in total. The van der Waals surface area contributed by atoms with Crippen molar-refractivity contribution in [1.29, 1.82) is 0 Å². The van der Waals surface area contributed by atoms with Crippen LogP contribution in [0, 0.1) is 29.6 Å². The van der Waals surface area contributed by atoms with Gasteiger partial charge in [0.15, 0.2) is 0 Å². The number of esters is 1. The van der Waals surface area contributed by atoms with Crippen LogP contribution in [0.3, 0.4) is 0 Å². The summed E-state index contributed by atoms with van der Waals surface area (Å²) < 4.78 is 33.3. The maximum atomic E-state index is 14.7. The zero-order valence-electron chi connectivity index (χ0n) is 43.4. The highest BCUT2D eigenvalue weighted by molar-refractivity contribution is 6.39. The Bertz CT molecular complexity index is 2150. The third-order valence-corrected chi connectivity index (χ3v) is 16.0. The van der Waals surface area contributed by atoms with Crippen LogP contribution in [0.15, 0.2) is 53.8 Å². The molecule has 14 atom stereocenters. The Kier molecular flexibility index (Phi) is 18.9. The molecule has 14 heteroatoms. The number of cyclic esters (lactones) is 1. The number of methoxy groups -OCH3 is 2. The maximum Gasteiger partial charge on any atom is 0.329 e. The average Bonchev–Trinajstić information content (AvgIpc) is 3.76. The zero-order chi connectivity index (χ0) is 50.3. The molecule has 14 unspecified atom stereocenters. The minimum atomic E-state index is -2.51. The molecule has 4 heterocycles. The van der Waals surface area contributed by atoms with Gasteiger partial charge in [-0.2, -0.15) is 0 Å². The number of likely N-dealkylation sites (N-methyl/N-ethyl adjacent to an activating group) is 1. The number of benzene rings is 1. The number of carbonyl (C=O) groups is 4. The van der Waals surface area contributed by atoms with Crippen molar-refractivity contribution in [1.82, 2.24) is 9.47 Å². The number of carbonyl (C=O) groups excluding carboxylic acids is 4. The third kappa shape index (κ3) is 12.2. The van der Waals surface area contributed by atoms with Crippen LogP contribution in [0.25, 0.3) is 10.9 Å². The van der Waals surface area contributed by atoms with E-state index in [-0.39, 0.29) is 55.6 Å². The van der Waals surface area contributed by atoms with Crippen molar-refractivity contribution in [2.45, 2.75) is 187 Å². The highest BCUT2D eigenvalue weighted by Crippen LogP contribution is 2.40. The molecule has 2 N–H and O–H groups in total. The molecule has 2 aromatic rings. The van der Waals surface area contributed by atoms with E-state index < -0.39 is 77.8 Å². The van der Waals surface area contributed by atoms with Gasteiger partial charge < -0.3 is 48.3 Å². The molecule has 1 aromatic heterocycles. The lowest BCUT2D eigenvalue weighted by Crippen LogP contribution is -2.64. The van der Waals surface area contributed by atoms with Gasteiger partial charge in [-0.05, 0) is 134 Å². The number of Topliss-reactive ketones (excluding diaryl/α,β-unsaturated/α-hetero) is 2. The minimum Gasteiger partial charge on any atom is -0.456 e. The molecule has 69 heavy (non-hydrogen) atoms. The van der Waals surface area contributed by atoms with Crippen molar-refractivity contribution in [2.75, 3.05) is 39.3 Å². The first-order valence-electron chi connectivity index (χ1n) is 25.9. The summed E-state index contributed by atoms with van der Waals surface area (Å²) in [4.78, 5) is 61.1. The van der Waals surface area contributed by atoms with Gasteiger partial charge in [0.25, 0.3) is 11.7 Å². The number of anilines is 1. The first kappa shape index (κ1) is 54.4. The van der Waals surface area contributed by atoms with Crippen molar-refractivity contribution < 1.29 is 53.1 Å². The number of hydrogen-bond acceptors (Lipinski definition) is 12. The summed E-state index contributed by atoms with van der Waals surface area (Å²) in [5.41, 5.74) is 4.06. The molecule has 3 fully saturated rings. The molecule has 1 aromatic carbocycles. The quantitative estimate of drug-likeness (QED) is 0.134. The van der Waals surface area contributed by atoms with E-state index in [0.717, 1.165) is 42.6 Å². The normalized spacial score (nSPS) is 35.3. The molecule has 1 amide bonds.